The molecule has 3 heteroatoms. The zero-order valence-electron chi connectivity index (χ0n) is 7.45. The van der Waals surface area contributed by atoms with Gasteiger partial charge in [-0.25, -0.2) is 0 Å². The summed E-state index contributed by atoms with van der Waals surface area (Å²) in [5, 5.41) is 17.3. The molecule has 2 N–H and O–H groups in total. The number of aliphatic hydroxyl groups is 2. The average molecular weight is 161 g/mol. The van der Waals surface area contributed by atoms with Gasteiger partial charge < -0.3 is 10.2 Å². The van der Waals surface area contributed by atoms with Crippen LogP contribution in [0.2, 0.25) is 0 Å². The minimum absolute atomic E-state index is 0.198. The Bertz CT molecular complexity index is 88.2. The summed E-state index contributed by atoms with van der Waals surface area (Å²) in [6, 6.07) is 0.372. The van der Waals surface area contributed by atoms with Gasteiger partial charge in [0.2, 0.25) is 0 Å². The lowest BCUT2D eigenvalue weighted by molar-refractivity contribution is 0.141. The molecule has 0 aromatic heterocycles. The summed E-state index contributed by atoms with van der Waals surface area (Å²) in [5.41, 5.74) is 0. The summed E-state index contributed by atoms with van der Waals surface area (Å²) >= 11 is 0. The van der Waals surface area contributed by atoms with Crippen molar-refractivity contribution < 1.29 is 10.2 Å². The second kappa shape index (κ2) is 6.58. The summed E-state index contributed by atoms with van der Waals surface area (Å²) in [5.74, 6) is 0. The van der Waals surface area contributed by atoms with Gasteiger partial charge in [0.25, 0.3) is 0 Å². The molecular weight excluding hydrogens is 142 g/mol. The number of nitrogens with zero attached hydrogens (tertiary/aromatic N) is 1. The van der Waals surface area contributed by atoms with E-state index >= 15 is 0 Å². The lowest BCUT2D eigenvalue weighted by atomic mass is 10.2. The van der Waals surface area contributed by atoms with Crippen molar-refractivity contribution in [2.75, 3.05) is 26.3 Å². The Morgan fingerprint density at radius 3 is 2.27 bits per heavy atom. The van der Waals surface area contributed by atoms with Crippen LogP contribution in [0.3, 0.4) is 0 Å². The molecule has 0 aromatic rings. The smallest absolute Gasteiger partial charge is 0.0558 e. The Kier molecular flexibility index (Phi) is 6.51. The van der Waals surface area contributed by atoms with Crippen molar-refractivity contribution in [3.8, 4) is 0 Å². The van der Waals surface area contributed by atoms with Crippen LogP contribution in [0.4, 0.5) is 0 Å². The van der Waals surface area contributed by atoms with Crippen molar-refractivity contribution in [1.82, 2.24) is 4.90 Å². The van der Waals surface area contributed by atoms with Crippen LogP contribution in [0.15, 0.2) is 0 Å². The maximum Gasteiger partial charge on any atom is 0.0558 e. The molecule has 0 saturated heterocycles. The van der Waals surface area contributed by atoms with Crippen LogP contribution in [-0.4, -0.2) is 47.5 Å². The number of aliphatic hydroxyl groups excluding tert-OH is 2. The number of likely N-dealkylation sites (N-methyl/N-ethyl adjacent to an activating group) is 1. The number of rotatable bonds is 6. The largest absolute Gasteiger partial charge is 0.396 e. The van der Waals surface area contributed by atoms with Gasteiger partial charge in [0.15, 0.2) is 0 Å². The van der Waals surface area contributed by atoms with Gasteiger partial charge in [-0.15, -0.1) is 0 Å². The van der Waals surface area contributed by atoms with E-state index in [0.717, 1.165) is 13.0 Å². The maximum atomic E-state index is 8.68. The fourth-order valence-electron chi connectivity index (χ4n) is 1.19. The van der Waals surface area contributed by atoms with Crippen LogP contribution >= 0.6 is 0 Å². The average Bonchev–Trinajstić information content (AvgIpc) is 2.00. The zero-order chi connectivity index (χ0) is 8.69. The van der Waals surface area contributed by atoms with E-state index in [1.54, 1.807) is 0 Å². The van der Waals surface area contributed by atoms with E-state index in [-0.39, 0.29) is 13.2 Å². The van der Waals surface area contributed by atoms with Crippen molar-refractivity contribution in [2.45, 2.75) is 26.3 Å². The molecule has 0 aromatic carbocycles. The first-order valence-corrected chi connectivity index (χ1v) is 4.22. The second-order valence-corrected chi connectivity index (χ2v) is 2.71. The fraction of sp³-hybridized carbons (Fsp3) is 1.00. The molecule has 68 valence electrons. The van der Waals surface area contributed by atoms with Crippen molar-refractivity contribution in [3.05, 3.63) is 0 Å². The van der Waals surface area contributed by atoms with Gasteiger partial charge in [-0.2, -0.15) is 0 Å². The lowest BCUT2D eigenvalue weighted by Crippen LogP contribution is -2.35. The maximum absolute atomic E-state index is 8.68. The monoisotopic (exact) mass is 161 g/mol. The minimum Gasteiger partial charge on any atom is -0.396 e. The Hall–Kier alpha value is -0.120. The normalized spacial score (nSPS) is 13.9. The molecule has 0 radical (unpaired) electrons. The van der Waals surface area contributed by atoms with Gasteiger partial charge in [0.1, 0.15) is 0 Å². The first kappa shape index (κ1) is 10.9. The predicted molar refractivity (Wildman–Crippen MR) is 45.5 cm³/mol. The topological polar surface area (TPSA) is 43.7 Å². The molecule has 0 rings (SSSR count). The SMILES string of the molecule is CCN(CCO)C(C)CCO. The molecular formula is C8H19NO2. The van der Waals surface area contributed by atoms with Crippen LogP contribution in [0.5, 0.6) is 0 Å². The Labute approximate surface area is 68.6 Å². The highest BCUT2D eigenvalue weighted by Gasteiger charge is 2.09. The molecule has 0 bridgehead atoms. The van der Waals surface area contributed by atoms with E-state index in [1.807, 2.05) is 0 Å². The Morgan fingerprint density at radius 1 is 1.27 bits per heavy atom. The molecule has 0 spiro atoms. The minimum atomic E-state index is 0.198. The van der Waals surface area contributed by atoms with Crippen molar-refractivity contribution in [3.63, 3.8) is 0 Å². The van der Waals surface area contributed by atoms with Crippen LogP contribution < -0.4 is 0 Å². The standard InChI is InChI=1S/C8H19NO2/c1-3-9(5-7-11)8(2)4-6-10/h8,10-11H,3-7H2,1-2H3. The van der Waals surface area contributed by atoms with Crippen molar-refractivity contribution >= 4 is 0 Å². The molecule has 1 atom stereocenters. The van der Waals surface area contributed by atoms with Crippen LogP contribution in [-0.2, 0) is 0 Å². The van der Waals surface area contributed by atoms with Gasteiger partial charge >= 0.3 is 0 Å². The van der Waals surface area contributed by atoms with Crippen molar-refractivity contribution in [1.29, 1.82) is 0 Å². The van der Waals surface area contributed by atoms with Gasteiger partial charge in [0, 0.05) is 19.2 Å². The third kappa shape index (κ3) is 4.35. The molecule has 0 heterocycles. The third-order valence-corrected chi connectivity index (χ3v) is 1.96. The van der Waals surface area contributed by atoms with Gasteiger partial charge in [-0.05, 0) is 19.9 Å². The molecule has 0 aliphatic carbocycles. The highest BCUT2D eigenvalue weighted by molar-refractivity contribution is 4.64. The Morgan fingerprint density at radius 2 is 1.91 bits per heavy atom. The molecule has 11 heavy (non-hydrogen) atoms. The summed E-state index contributed by atoms with van der Waals surface area (Å²) < 4.78 is 0. The van der Waals surface area contributed by atoms with E-state index < -0.39 is 0 Å². The summed E-state index contributed by atoms with van der Waals surface area (Å²) in [6.07, 6.45) is 0.786. The molecule has 1 unspecified atom stereocenters. The third-order valence-electron chi connectivity index (χ3n) is 1.96. The van der Waals surface area contributed by atoms with Gasteiger partial charge in [-0.3, -0.25) is 4.90 Å². The van der Waals surface area contributed by atoms with E-state index in [4.69, 9.17) is 10.2 Å². The van der Waals surface area contributed by atoms with Crippen LogP contribution in [0.1, 0.15) is 20.3 Å². The fourth-order valence-corrected chi connectivity index (χ4v) is 1.19. The lowest BCUT2D eigenvalue weighted by Gasteiger charge is -2.26. The first-order valence-electron chi connectivity index (χ1n) is 4.22. The highest BCUT2D eigenvalue weighted by Crippen LogP contribution is 2.01. The summed E-state index contributed by atoms with van der Waals surface area (Å²) in [6.45, 7) is 6.19. The van der Waals surface area contributed by atoms with Gasteiger partial charge in [0.05, 0.1) is 6.61 Å². The summed E-state index contributed by atoms with van der Waals surface area (Å²) in [4.78, 5) is 2.15. The molecule has 0 amide bonds. The van der Waals surface area contributed by atoms with E-state index in [2.05, 4.69) is 18.7 Å². The molecule has 0 aliphatic heterocycles. The van der Waals surface area contributed by atoms with E-state index in [0.29, 0.717) is 12.6 Å². The molecule has 3 nitrogen and oxygen atoms in total. The molecule has 0 fully saturated rings. The first-order chi connectivity index (χ1) is 5.26. The van der Waals surface area contributed by atoms with E-state index in [1.165, 1.54) is 0 Å². The number of hydrogen-bond donors (Lipinski definition) is 2. The quantitative estimate of drug-likeness (QED) is 0.579. The predicted octanol–water partition coefficient (Wildman–Crippen LogP) is 0.0715. The van der Waals surface area contributed by atoms with Gasteiger partial charge in [-0.1, -0.05) is 6.92 Å². The van der Waals surface area contributed by atoms with Crippen LogP contribution in [0, 0.1) is 0 Å². The van der Waals surface area contributed by atoms with E-state index in [9.17, 15) is 0 Å². The van der Waals surface area contributed by atoms with Crippen molar-refractivity contribution in [2.24, 2.45) is 0 Å². The second-order valence-electron chi connectivity index (χ2n) is 2.71. The number of hydrogen-bond acceptors (Lipinski definition) is 3. The molecule has 0 aliphatic rings. The zero-order valence-corrected chi connectivity index (χ0v) is 7.45. The van der Waals surface area contributed by atoms with Crippen LogP contribution in [0.25, 0.3) is 0 Å². The Balaban J connectivity index is 3.61. The highest BCUT2D eigenvalue weighted by atomic mass is 16.3. The summed E-state index contributed by atoms with van der Waals surface area (Å²) in [7, 11) is 0. The molecule has 0 saturated carbocycles.